The summed E-state index contributed by atoms with van der Waals surface area (Å²) < 4.78 is 0. The average molecular weight is 238 g/mol. The summed E-state index contributed by atoms with van der Waals surface area (Å²) in [6, 6.07) is 0. The highest BCUT2D eigenvalue weighted by atomic mass is 16.4. The van der Waals surface area contributed by atoms with Crippen molar-refractivity contribution in [3.05, 3.63) is 0 Å². The maximum Gasteiger partial charge on any atom is 0.317 e. The van der Waals surface area contributed by atoms with Crippen LogP contribution in [0.3, 0.4) is 0 Å². The predicted molar refractivity (Wildman–Crippen MR) is 67.7 cm³/mol. The summed E-state index contributed by atoms with van der Waals surface area (Å²) in [4.78, 5) is 12.8. The molecule has 1 saturated heterocycles. The summed E-state index contributed by atoms with van der Waals surface area (Å²) >= 11 is 0. The van der Waals surface area contributed by atoms with E-state index in [4.69, 9.17) is 5.11 Å². The van der Waals surface area contributed by atoms with Crippen LogP contribution in [-0.4, -0.2) is 48.7 Å². The second-order valence-corrected chi connectivity index (χ2v) is 4.51. The van der Waals surface area contributed by atoms with Crippen LogP contribution in [-0.2, 0) is 4.79 Å². The number of rotatable bonds is 6. The van der Waals surface area contributed by atoms with Crippen molar-refractivity contribution in [1.29, 1.82) is 0 Å². The van der Waals surface area contributed by atoms with Crippen LogP contribution in [0.4, 0.5) is 0 Å². The lowest BCUT2D eigenvalue weighted by molar-refractivity contribution is -0.136. The van der Waals surface area contributed by atoms with E-state index >= 15 is 0 Å². The molecule has 2 N–H and O–H groups in total. The Labute approximate surface area is 103 Å². The Morgan fingerprint density at radius 3 is 3.12 bits per heavy atom. The maximum absolute atomic E-state index is 10.4. The Bertz CT molecular complexity index is 294. The van der Waals surface area contributed by atoms with E-state index in [1.807, 2.05) is 6.92 Å². The molecular formula is C13H22N2O2. The molecule has 0 saturated carbocycles. The maximum atomic E-state index is 10.4. The molecule has 17 heavy (non-hydrogen) atoms. The van der Waals surface area contributed by atoms with Gasteiger partial charge in [-0.15, -0.1) is 11.8 Å². The van der Waals surface area contributed by atoms with Gasteiger partial charge in [-0.3, -0.25) is 4.79 Å². The van der Waals surface area contributed by atoms with E-state index in [1.165, 1.54) is 12.8 Å². The molecular weight excluding hydrogens is 216 g/mol. The summed E-state index contributed by atoms with van der Waals surface area (Å²) in [5.41, 5.74) is 0. The van der Waals surface area contributed by atoms with Crippen LogP contribution in [0.25, 0.3) is 0 Å². The molecule has 0 radical (unpaired) electrons. The molecule has 1 unspecified atom stereocenters. The van der Waals surface area contributed by atoms with Crippen molar-refractivity contribution in [1.82, 2.24) is 10.2 Å². The van der Waals surface area contributed by atoms with Crippen molar-refractivity contribution >= 4 is 5.97 Å². The first-order valence-corrected chi connectivity index (χ1v) is 6.27. The zero-order valence-corrected chi connectivity index (χ0v) is 10.5. The Morgan fingerprint density at radius 2 is 2.41 bits per heavy atom. The Balaban J connectivity index is 2.18. The third-order valence-corrected chi connectivity index (χ3v) is 3.04. The SMILES string of the molecule is CC#CCCN1CCCC(CNCC(=O)O)C1. The number of carbonyl (C=O) groups is 1. The Kier molecular flexibility index (Phi) is 6.68. The van der Waals surface area contributed by atoms with Crippen molar-refractivity contribution in [2.45, 2.75) is 26.2 Å². The molecule has 0 spiro atoms. The monoisotopic (exact) mass is 238 g/mol. The number of nitrogens with zero attached hydrogens (tertiary/aromatic N) is 1. The minimum absolute atomic E-state index is 0.0673. The lowest BCUT2D eigenvalue weighted by Crippen LogP contribution is -2.40. The Morgan fingerprint density at radius 1 is 1.59 bits per heavy atom. The van der Waals surface area contributed by atoms with Crippen molar-refractivity contribution in [3.63, 3.8) is 0 Å². The molecule has 1 aliphatic rings. The molecule has 96 valence electrons. The number of aliphatic carboxylic acids is 1. The number of piperidine rings is 1. The van der Waals surface area contributed by atoms with Crippen molar-refractivity contribution in [2.24, 2.45) is 5.92 Å². The largest absolute Gasteiger partial charge is 0.480 e. The van der Waals surface area contributed by atoms with Gasteiger partial charge in [-0.2, -0.15) is 0 Å². The molecule has 4 heteroatoms. The molecule has 0 aromatic carbocycles. The van der Waals surface area contributed by atoms with Gasteiger partial charge in [0.1, 0.15) is 0 Å². The first-order chi connectivity index (χ1) is 8.22. The third kappa shape index (κ3) is 6.30. The molecule has 4 nitrogen and oxygen atoms in total. The fourth-order valence-electron chi connectivity index (χ4n) is 2.24. The van der Waals surface area contributed by atoms with E-state index in [0.717, 1.165) is 32.6 Å². The number of hydrogen-bond acceptors (Lipinski definition) is 3. The van der Waals surface area contributed by atoms with Crippen LogP contribution >= 0.6 is 0 Å². The smallest absolute Gasteiger partial charge is 0.317 e. The standard InChI is InChI=1S/C13H22N2O2/c1-2-3-4-7-15-8-5-6-12(11-15)9-14-10-13(16)17/h12,14H,4-11H2,1H3,(H,16,17). The van der Waals surface area contributed by atoms with Crippen LogP contribution in [0, 0.1) is 17.8 Å². The average Bonchev–Trinajstić information content (AvgIpc) is 2.29. The summed E-state index contributed by atoms with van der Waals surface area (Å²) in [6.45, 7) is 6.00. The molecule has 1 rings (SSSR count). The molecule has 1 aliphatic heterocycles. The minimum Gasteiger partial charge on any atom is -0.480 e. The van der Waals surface area contributed by atoms with Gasteiger partial charge in [0, 0.05) is 19.5 Å². The number of carboxylic acid groups (broad SMARTS) is 1. The lowest BCUT2D eigenvalue weighted by atomic mass is 9.98. The highest BCUT2D eigenvalue weighted by molar-refractivity contribution is 5.68. The zero-order valence-electron chi connectivity index (χ0n) is 10.5. The highest BCUT2D eigenvalue weighted by Crippen LogP contribution is 2.15. The molecule has 1 fully saturated rings. The van der Waals surface area contributed by atoms with Crippen molar-refractivity contribution in [2.75, 3.05) is 32.7 Å². The first-order valence-electron chi connectivity index (χ1n) is 6.27. The van der Waals surface area contributed by atoms with Gasteiger partial charge in [-0.05, 0) is 38.8 Å². The molecule has 1 heterocycles. The molecule has 0 aromatic heterocycles. The van der Waals surface area contributed by atoms with Gasteiger partial charge >= 0.3 is 5.97 Å². The van der Waals surface area contributed by atoms with Gasteiger partial charge in [-0.1, -0.05) is 0 Å². The molecule has 0 aromatic rings. The second kappa shape index (κ2) is 8.10. The van der Waals surface area contributed by atoms with Crippen LogP contribution in [0.2, 0.25) is 0 Å². The third-order valence-electron chi connectivity index (χ3n) is 3.04. The van der Waals surface area contributed by atoms with Crippen molar-refractivity contribution < 1.29 is 9.90 Å². The first kappa shape index (κ1) is 14.0. The number of carboxylic acids is 1. The lowest BCUT2D eigenvalue weighted by Gasteiger charge is -2.32. The topological polar surface area (TPSA) is 52.6 Å². The van der Waals surface area contributed by atoms with Gasteiger partial charge in [0.05, 0.1) is 6.54 Å². The van der Waals surface area contributed by atoms with E-state index in [0.29, 0.717) is 5.92 Å². The van der Waals surface area contributed by atoms with Crippen molar-refractivity contribution in [3.8, 4) is 11.8 Å². The molecule has 0 aliphatic carbocycles. The molecule has 1 atom stereocenters. The van der Waals surface area contributed by atoms with Gasteiger partial charge in [0.15, 0.2) is 0 Å². The summed E-state index contributed by atoms with van der Waals surface area (Å²) in [5.74, 6) is 5.79. The van der Waals surface area contributed by atoms with E-state index < -0.39 is 5.97 Å². The fourth-order valence-corrected chi connectivity index (χ4v) is 2.24. The highest BCUT2D eigenvalue weighted by Gasteiger charge is 2.18. The predicted octanol–water partition coefficient (Wildman–Crippen LogP) is 0.786. The van der Waals surface area contributed by atoms with Gasteiger partial charge < -0.3 is 15.3 Å². The van der Waals surface area contributed by atoms with Crippen LogP contribution in [0.5, 0.6) is 0 Å². The minimum atomic E-state index is -0.782. The second-order valence-electron chi connectivity index (χ2n) is 4.51. The van der Waals surface area contributed by atoms with E-state index in [2.05, 4.69) is 22.1 Å². The van der Waals surface area contributed by atoms with Crippen LogP contribution in [0.15, 0.2) is 0 Å². The molecule has 0 amide bonds. The summed E-state index contributed by atoms with van der Waals surface area (Å²) in [5, 5.41) is 11.5. The van der Waals surface area contributed by atoms with Gasteiger partial charge in [-0.25, -0.2) is 0 Å². The number of nitrogens with one attached hydrogen (secondary N) is 1. The number of hydrogen-bond donors (Lipinski definition) is 2. The van der Waals surface area contributed by atoms with E-state index in [-0.39, 0.29) is 6.54 Å². The fraction of sp³-hybridized carbons (Fsp3) is 0.769. The zero-order chi connectivity index (χ0) is 12.5. The van der Waals surface area contributed by atoms with Crippen LogP contribution in [0.1, 0.15) is 26.2 Å². The summed E-state index contributed by atoms with van der Waals surface area (Å²) in [6.07, 6.45) is 3.34. The normalized spacial score (nSPS) is 20.6. The van der Waals surface area contributed by atoms with Gasteiger partial charge in [0.2, 0.25) is 0 Å². The van der Waals surface area contributed by atoms with E-state index in [1.54, 1.807) is 0 Å². The van der Waals surface area contributed by atoms with Crippen LogP contribution < -0.4 is 5.32 Å². The van der Waals surface area contributed by atoms with Gasteiger partial charge in [0.25, 0.3) is 0 Å². The number of likely N-dealkylation sites (tertiary alicyclic amines) is 1. The quantitative estimate of drug-likeness (QED) is 0.672. The molecule has 0 bridgehead atoms. The van der Waals surface area contributed by atoms with E-state index in [9.17, 15) is 4.79 Å². The Hall–Kier alpha value is -1.05. The summed E-state index contributed by atoms with van der Waals surface area (Å²) in [7, 11) is 0.